The van der Waals surface area contributed by atoms with Crippen molar-refractivity contribution in [2.75, 3.05) is 0 Å². The zero-order valence-corrected chi connectivity index (χ0v) is 10.7. The second kappa shape index (κ2) is 5.14. The van der Waals surface area contributed by atoms with Gasteiger partial charge in [0.05, 0.1) is 11.3 Å². The molecule has 1 aromatic rings. The van der Waals surface area contributed by atoms with Crippen LogP contribution in [0.1, 0.15) is 48.9 Å². The first kappa shape index (κ1) is 12.7. The Hall–Kier alpha value is -1.32. The highest BCUT2D eigenvalue weighted by molar-refractivity contribution is 5.96. The topological polar surface area (TPSA) is 57.8 Å². The number of hydrogen-bond acceptors (Lipinski definition) is 2. The van der Waals surface area contributed by atoms with Crippen LogP contribution in [0, 0.1) is 19.8 Å². The number of carbonyl (C=O) groups is 1. The van der Waals surface area contributed by atoms with Crippen LogP contribution in [0.2, 0.25) is 0 Å². The van der Waals surface area contributed by atoms with E-state index in [0.29, 0.717) is 11.5 Å². The molecular weight excluding hydrogens is 202 g/mol. The van der Waals surface area contributed by atoms with Crippen LogP contribution in [-0.2, 0) is 0 Å². The van der Waals surface area contributed by atoms with Gasteiger partial charge in [-0.2, -0.15) is 5.10 Å². The minimum absolute atomic E-state index is 0.0306. The van der Waals surface area contributed by atoms with Crippen LogP contribution < -0.4 is 5.32 Å². The zero-order chi connectivity index (χ0) is 12.3. The summed E-state index contributed by atoms with van der Waals surface area (Å²) in [6.45, 7) is 10.0. The summed E-state index contributed by atoms with van der Waals surface area (Å²) in [5, 5.41) is 9.84. The van der Waals surface area contributed by atoms with Crippen molar-refractivity contribution in [1.82, 2.24) is 15.5 Å². The summed E-state index contributed by atoms with van der Waals surface area (Å²) in [4.78, 5) is 12.0. The molecule has 0 bridgehead atoms. The van der Waals surface area contributed by atoms with E-state index in [1.165, 1.54) is 0 Å². The Bertz CT molecular complexity index is 349. The van der Waals surface area contributed by atoms with Crippen molar-refractivity contribution >= 4 is 5.91 Å². The molecule has 0 aliphatic carbocycles. The Morgan fingerprint density at radius 3 is 2.44 bits per heavy atom. The van der Waals surface area contributed by atoms with Gasteiger partial charge in [0.25, 0.3) is 5.91 Å². The van der Waals surface area contributed by atoms with Crippen molar-refractivity contribution in [3.63, 3.8) is 0 Å². The fourth-order valence-corrected chi connectivity index (χ4v) is 1.95. The van der Waals surface area contributed by atoms with Crippen molar-refractivity contribution in [3.05, 3.63) is 17.0 Å². The lowest BCUT2D eigenvalue weighted by Gasteiger charge is -2.15. The minimum Gasteiger partial charge on any atom is -0.349 e. The number of carbonyl (C=O) groups excluding carboxylic acids is 1. The lowest BCUT2D eigenvalue weighted by atomic mass is 10.0. The molecule has 0 aromatic carbocycles. The summed E-state index contributed by atoms with van der Waals surface area (Å²) >= 11 is 0. The van der Waals surface area contributed by atoms with Crippen LogP contribution in [0.4, 0.5) is 0 Å². The number of nitrogens with zero attached hydrogens (tertiary/aromatic N) is 1. The van der Waals surface area contributed by atoms with E-state index in [0.717, 1.165) is 17.8 Å². The van der Waals surface area contributed by atoms with E-state index in [-0.39, 0.29) is 11.9 Å². The highest BCUT2D eigenvalue weighted by Crippen LogP contribution is 2.10. The van der Waals surface area contributed by atoms with Crippen molar-refractivity contribution in [2.24, 2.45) is 5.92 Å². The third kappa shape index (κ3) is 3.08. The van der Waals surface area contributed by atoms with E-state index in [1.807, 2.05) is 20.8 Å². The molecule has 4 heteroatoms. The Labute approximate surface area is 96.8 Å². The molecule has 0 saturated heterocycles. The van der Waals surface area contributed by atoms with Gasteiger partial charge in [0.1, 0.15) is 0 Å². The number of hydrogen-bond donors (Lipinski definition) is 2. The molecule has 0 saturated carbocycles. The van der Waals surface area contributed by atoms with Gasteiger partial charge < -0.3 is 5.32 Å². The van der Waals surface area contributed by atoms with Crippen LogP contribution in [0.25, 0.3) is 0 Å². The van der Waals surface area contributed by atoms with Gasteiger partial charge in [-0.05, 0) is 33.1 Å². The fourth-order valence-electron chi connectivity index (χ4n) is 1.95. The third-order valence-electron chi connectivity index (χ3n) is 2.56. The van der Waals surface area contributed by atoms with E-state index in [4.69, 9.17) is 0 Å². The fraction of sp³-hybridized carbons (Fsp3) is 0.667. The molecule has 1 amide bonds. The number of rotatable bonds is 4. The first-order chi connectivity index (χ1) is 7.41. The van der Waals surface area contributed by atoms with Crippen molar-refractivity contribution in [2.45, 2.75) is 47.1 Å². The van der Waals surface area contributed by atoms with Crippen LogP contribution in [0.15, 0.2) is 0 Å². The van der Waals surface area contributed by atoms with E-state index in [1.54, 1.807) is 0 Å². The van der Waals surface area contributed by atoms with Crippen molar-refractivity contribution in [3.8, 4) is 0 Å². The van der Waals surface area contributed by atoms with Gasteiger partial charge in [0.2, 0.25) is 0 Å². The Morgan fingerprint density at radius 2 is 2.00 bits per heavy atom. The molecule has 16 heavy (non-hydrogen) atoms. The maximum Gasteiger partial charge on any atom is 0.255 e. The molecule has 1 unspecified atom stereocenters. The summed E-state index contributed by atoms with van der Waals surface area (Å²) in [5.41, 5.74) is 2.26. The average molecular weight is 223 g/mol. The SMILES string of the molecule is Cc1n[nH]c(C)c1C(=O)NC(C)CC(C)C. The van der Waals surface area contributed by atoms with Gasteiger partial charge in [-0.3, -0.25) is 9.89 Å². The second-order valence-electron chi connectivity index (χ2n) is 4.81. The molecule has 1 atom stereocenters. The summed E-state index contributed by atoms with van der Waals surface area (Å²) in [7, 11) is 0. The summed E-state index contributed by atoms with van der Waals surface area (Å²) < 4.78 is 0. The predicted molar refractivity (Wildman–Crippen MR) is 64.4 cm³/mol. The van der Waals surface area contributed by atoms with Crippen LogP contribution in [0.5, 0.6) is 0 Å². The number of aryl methyl sites for hydroxylation is 2. The van der Waals surface area contributed by atoms with Gasteiger partial charge in [-0.15, -0.1) is 0 Å². The average Bonchev–Trinajstić information content (AvgIpc) is 2.44. The minimum atomic E-state index is -0.0306. The number of aromatic nitrogens is 2. The number of amides is 1. The molecule has 0 spiro atoms. The Morgan fingerprint density at radius 1 is 1.38 bits per heavy atom. The molecule has 90 valence electrons. The van der Waals surface area contributed by atoms with Crippen LogP contribution in [0.3, 0.4) is 0 Å². The first-order valence-corrected chi connectivity index (χ1v) is 5.74. The molecular formula is C12H21N3O. The highest BCUT2D eigenvalue weighted by atomic mass is 16.1. The monoisotopic (exact) mass is 223 g/mol. The number of aromatic amines is 1. The predicted octanol–water partition coefficient (Wildman–Crippen LogP) is 2.19. The van der Waals surface area contributed by atoms with Crippen molar-refractivity contribution < 1.29 is 4.79 Å². The molecule has 1 aromatic heterocycles. The van der Waals surface area contributed by atoms with E-state index in [2.05, 4.69) is 29.4 Å². The molecule has 1 rings (SSSR count). The molecule has 4 nitrogen and oxygen atoms in total. The standard InChI is InChI=1S/C12H21N3O/c1-7(2)6-8(3)13-12(16)11-9(4)14-15-10(11)5/h7-8H,6H2,1-5H3,(H,13,16)(H,14,15). The lowest BCUT2D eigenvalue weighted by molar-refractivity contribution is 0.0935. The summed E-state index contributed by atoms with van der Waals surface area (Å²) in [6.07, 6.45) is 0.988. The molecule has 0 radical (unpaired) electrons. The number of H-pyrrole nitrogens is 1. The Balaban J connectivity index is 2.66. The van der Waals surface area contributed by atoms with Gasteiger partial charge in [0, 0.05) is 11.7 Å². The van der Waals surface area contributed by atoms with E-state index < -0.39 is 0 Å². The summed E-state index contributed by atoms with van der Waals surface area (Å²) in [6, 6.07) is 0.196. The Kier molecular flexibility index (Phi) is 4.10. The number of nitrogens with one attached hydrogen (secondary N) is 2. The smallest absolute Gasteiger partial charge is 0.255 e. The van der Waals surface area contributed by atoms with Crippen LogP contribution in [-0.4, -0.2) is 22.1 Å². The molecule has 0 aliphatic rings. The largest absolute Gasteiger partial charge is 0.349 e. The van der Waals surface area contributed by atoms with E-state index in [9.17, 15) is 4.79 Å². The van der Waals surface area contributed by atoms with Crippen LogP contribution >= 0.6 is 0 Å². The highest BCUT2D eigenvalue weighted by Gasteiger charge is 2.17. The third-order valence-corrected chi connectivity index (χ3v) is 2.56. The quantitative estimate of drug-likeness (QED) is 0.822. The second-order valence-corrected chi connectivity index (χ2v) is 4.81. The van der Waals surface area contributed by atoms with Crippen molar-refractivity contribution in [1.29, 1.82) is 0 Å². The normalized spacial score (nSPS) is 12.9. The first-order valence-electron chi connectivity index (χ1n) is 5.74. The van der Waals surface area contributed by atoms with Gasteiger partial charge >= 0.3 is 0 Å². The molecule has 0 aliphatic heterocycles. The molecule has 2 N–H and O–H groups in total. The molecule has 0 fully saturated rings. The summed E-state index contributed by atoms with van der Waals surface area (Å²) in [5.74, 6) is 0.554. The maximum absolute atomic E-state index is 12.0. The van der Waals surface area contributed by atoms with Gasteiger partial charge in [-0.25, -0.2) is 0 Å². The maximum atomic E-state index is 12.0. The zero-order valence-electron chi connectivity index (χ0n) is 10.7. The van der Waals surface area contributed by atoms with E-state index >= 15 is 0 Å². The van der Waals surface area contributed by atoms with Gasteiger partial charge in [-0.1, -0.05) is 13.8 Å². The van der Waals surface area contributed by atoms with Gasteiger partial charge in [0.15, 0.2) is 0 Å². The molecule has 1 heterocycles. The lowest BCUT2D eigenvalue weighted by Crippen LogP contribution is -2.34.